The summed E-state index contributed by atoms with van der Waals surface area (Å²) < 4.78 is 0. The zero-order valence-corrected chi connectivity index (χ0v) is 11.5. The molecule has 0 unspecified atom stereocenters. The average molecular weight is 278 g/mol. The molecule has 104 valence electrons. The van der Waals surface area contributed by atoms with Gasteiger partial charge in [-0.25, -0.2) is 9.97 Å². The minimum atomic E-state index is -0.438. The number of rotatable bonds is 3. The molecule has 3 rings (SSSR count). The van der Waals surface area contributed by atoms with Crippen LogP contribution in [0.2, 0.25) is 0 Å². The number of fused-ring (bicyclic) bond motifs is 1. The number of anilines is 1. The van der Waals surface area contributed by atoms with Crippen molar-refractivity contribution in [1.82, 2.24) is 9.97 Å². The molecule has 0 saturated carbocycles. The van der Waals surface area contributed by atoms with Gasteiger partial charge in [-0.15, -0.1) is 0 Å². The normalized spacial score (nSPS) is 10.5. The molecular weight excluding hydrogens is 264 g/mol. The summed E-state index contributed by atoms with van der Waals surface area (Å²) in [6, 6.07) is 13.1. The Balaban J connectivity index is 2.16. The molecule has 0 fully saturated rings. The molecule has 0 atom stereocenters. The summed E-state index contributed by atoms with van der Waals surface area (Å²) in [5.41, 5.74) is 8.50. The third-order valence-electron chi connectivity index (χ3n) is 3.31. The van der Waals surface area contributed by atoms with Crippen molar-refractivity contribution in [1.29, 1.82) is 0 Å². The molecule has 0 radical (unpaired) electrons. The summed E-state index contributed by atoms with van der Waals surface area (Å²) in [6.45, 7) is 0. The van der Waals surface area contributed by atoms with Gasteiger partial charge < -0.3 is 11.1 Å². The molecule has 0 spiro atoms. The van der Waals surface area contributed by atoms with E-state index in [9.17, 15) is 4.79 Å². The van der Waals surface area contributed by atoms with E-state index < -0.39 is 5.91 Å². The minimum Gasteiger partial charge on any atom is -0.366 e. The predicted octanol–water partition coefficient (Wildman–Crippen LogP) is 2.44. The summed E-state index contributed by atoms with van der Waals surface area (Å²) in [6.07, 6.45) is 1.75. The number of nitrogens with zero attached hydrogens (tertiary/aromatic N) is 2. The number of aromatic nitrogens is 2. The number of primary amides is 1. The molecule has 0 saturated heterocycles. The molecule has 0 aliphatic carbocycles. The Morgan fingerprint density at radius 1 is 1.19 bits per heavy atom. The molecule has 3 N–H and O–H groups in total. The summed E-state index contributed by atoms with van der Waals surface area (Å²) in [5.74, 6) is 0.139. The summed E-state index contributed by atoms with van der Waals surface area (Å²) >= 11 is 0. The lowest BCUT2D eigenvalue weighted by molar-refractivity contribution is 0.100. The van der Waals surface area contributed by atoms with Crippen LogP contribution in [0.4, 0.5) is 5.95 Å². The summed E-state index contributed by atoms with van der Waals surface area (Å²) in [4.78, 5) is 20.1. The number of benzene rings is 2. The van der Waals surface area contributed by atoms with Gasteiger partial charge in [-0.2, -0.15) is 0 Å². The summed E-state index contributed by atoms with van der Waals surface area (Å²) in [5, 5.41) is 3.81. The number of nitrogens with one attached hydrogen (secondary N) is 1. The van der Waals surface area contributed by atoms with E-state index in [1.54, 1.807) is 25.4 Å². The first-order valence-corrected chi connectivity index (χ1v) is 6.53. The lowest BCUT2D eigenvalue weighted by atomic mass is 9.98. The Hall–Kier alpha value is -2.95. The average Bonchev–Trinajstić information content (AvgIpc) is 2.53. The van der Waals surface area contributed by atoms with Crippen LogP contribution in [0.15, 0.2) is 48.7 Å². The van der Waals surface area contributed by atoms with Crippen LogP contribution in [0, 0.1) is 0 Å². The molecule has 21 heavy (non-hydrogen) atoms. The zero-order valence-electron chi connectivity index (χ0n) is 11.5. The van der Waals surface area contributed by atoms with Gasteiger partial charge in [-0.1, -0.05) is 24.3 Å². The molecule has 1 heterocycles. The van der Waals surface area contributed by atoms with Crippen molar-refractivity contribution in [3.05, 3.63) is 54.2 Å². The number of carbonyl (C=O) groups excluding carboxylic acids is 1. The number of hydrogen-bond acceptors (Lipinski definition) is 4. The van der Waals surface area contributed by atoms with Gasteiger partial charge in [0.2, 0.25) is 11.9 Å². The quantitative estimate of drug-likeness (QED) is 0.771. The second-order valence-corrected chi connectivity index (χ2v) is 4.63. The molecule has 1 aromatic heterocycles. The molecule has 0 aliphatic heterocycles. The van der Waals surface area contributed by atoms with Gasteiger partial charge in [0.1, 0.15) is 0 Å². The van der Waals surface area contributed by atoms with E-state index in [1.807, 2.05) is 30.3 Å². The van der Waals surface area contributed by atoms with Crippen LogP contribution < -0.4 is 11.1 Å². The van der Waals surface area contributed by atoms with Gasteiger partial charge in [0.15, 0.2) is 0 Å². The van der Waals surface area contributed by atoms with Crippen LogP contribution in [-0.2, 0) is 0 Å². The first-order chi connectivity index (χ1) is 10.2. The highest BCUT2D eigenvalue weighted by Crippen LogP contribution is 2.26. The van der Waals surface area contributed by atoms with E-state index in [-0.39, 0.29) is 0 Å². The van der Waals surface area contributed by atoms with Crippen LogP contribution in [0.1, 0.15) is 10.4 Å². The SMILES string of the molecule is CNc1ncc2cc(-c3ccccc3C(N)=O)ccc2n1. The maximum Gasteiger partial charge on any atom is 0.249 e. The van der Waals surface area contributed by atoms with Crippen LogP contribution in [0.25, 0.3) is 22.0 Å². The Bertz CT molecular complexity index is 829. The standard InChI is InChI=1S/C16H14N4O/c1-18-16-19-9-11-8-10(6-7-14(11)20-16)12-4-2-3-5-13(12)15(17)21/h2-9H,1H3,(H2,17,21)(H,18,19,20). The highest BCUT2D eigenvalue weighted by atomic mass is 16.1. The largest absolute Gasteiger partial charge is 0.366 e. The number of nitrogens with two attached hydrogens (primary N) is 1. The van der Waals surface area contributed by atoms with Crippen molar-refractivity contribution in [2.75, 3.05) is 12.4 Å². The van der Waals surface area contributed by atoms with Crippen LogP contribution in [0.5, 0.6) is 0 Å². The van der Waals surface area contributed by atoms with E-state index in [2.05, 4.69) is 15.3 Å². The lowest BCUT2D eigenvalue weighted by Crippen LogP contribution is -2.12. The van der Waals surface area contributed by atoms with Gasteiger partial charge in [-0.3, -0.25) is 4.79 Å². The van der Waals surface area contributed by atoms with Crippen LogP contribution >= 0.6 is 0 Å². The van der Waals surface area contributed by atoms with Gasteiger partial charge in [0.25, 0.3) is 0 Å². The molecule has 3 aromatic rings. The Kier molecular flexibility index (Phi) is 3.23. The number of amides is 1. The highest BCUT2D eigenvalue weighted by molar-refractivity contribution is 6.00. The first-order valence-electron chi connectivity index (χ1n) is 6.53. The molecule has 0 bridgehead atoms. The highest BCUT2D eigenvalue weighted by Gasteiger charge is 2.10. The van der Waals surface area contributed by atoms with E-state index in [0.717, 1.165) is 22.0 Å². The fourth-order valence-corrected chi connectivity index (χ4v) is 2.27. The second kappa shape index (κ2) is 5.20. The Morgan fingerprint density at radius 3 is 2.76 bits per heavy atom. The minimum absolute atomic E-state index is 0.438. The summed E-state index contributed by atoms with van der Waals surface area (Å²) in [7, 11) is 1.78. The van der Waals surface area contributed by atoms with Gasteiger partial charge in [0.05, 0.1) is 5.52 Å². The van der Waals surface area contributed by atoms with Crippen LogP contribution in [-0.4, -0.2) is 22.9 Å². The number of hydrogen-bond donors (Lipinski definition) is 2. The molecule has 1 amide bonds. The van der Waals surface area contributed by atoms with E-state index in [0.29, 0.717) is 11.5 Å². The lowest BCUT2D eigenvalue weighted by Gasteiger charge is -2.08. The van der Waals surface area contributed by atoms with Crippen molar-refractivity contribution in [3.63, 3.8) is 0 Å². The molecule has 2 aromatic carbocycles. The fraction of sp³-hybridized carbons (Fsp3) is 0.0625. The van der Waals surface area contributed by atoms with Crippen molar-refractivity contribution in [2.45, 2.75) is 0 Å². The molecule has 5 heteroatoms. The smallest absolute Gasteiger partial charge is 0.249 e. The molecular formula is C16H14N4O. The van der Waals surface area contributed by atoms with E-state index >= 15 is 0 Å². The number of carbonyl (C=O) groups is 1. The maximum absolute atomic E-state index is 11.5. The van der Waals surface area contributed by atoms with Gasteiger partial charge in [-0.05, 0) is 29.3 Å². The third kappa shape index (κ3) is 2.41. The Labute approximate surface area is 121 Å². The van der Waals surface area contributed by atoms with Crippen molar-refractivity contribution >= 4 is 22.8 Å². The van der Waals surface area contributed by atoms with Gasteiger partial charge >= 0.3 is 0 Å². The van der Waals surface area contributed by atoms with Crippen molar-refractivity contribution in [3.8, 4) is 11.1 Å². The van der Waals surface area contributed by atoms with Crippen molar-refractivity contribution < 1.29 is 4.79 Å². The van der Waals surface area contributed by atoms with E-state index in [4.69, 9.17) is 5.73 Å². The van der Waals surface area contributed by atoms with Gasteiger partial charge in [0, 0.05) is 24.2 Å². The topological polar surface area (TPSA) is 80.9 Å². The monoisotopic (exact) mass is 278 g/mol. The van der Waals surface area contributed by atoms with Crippen molar-refractivity contribution in [2.24, 2.45) is 5.73 Å². The maximum atomic E-state index is 11.5. The van der Waals surface area contributed by atoms with Crippen LogP contribution in [0.3, 0.4) is 0 Å². The third-order valence-corrected chi connectivity index (χ3v) is 3.31. The zero-order chi connectivity index (χ0) is 14.8. The first kappa shape index (κ1) is 13.1. The fourth-order valence-electron chi connectivity index (χ4n) is 2.27. The predicted molar refractivity (Wildman–Crippen MR) is 83.0 cm³/mol. The molecule has 5 nitrogen and oxygen atoms in total. The molecule has 0 aliphatic rings. The second-order valence-electron chi connectivity index (χ2n) is 4.63. The van der Waals surface area contributed by atoms with E-state index in [1.165, 1.54) is 0 Å². The Morgan fingerprint density at radius 2 is 2.00 bits per heavy atom.